The van der Waals surface area contributed by atoms with Gasteiger partial charge in [-0.15, -0.1) is 0 Å². The van der Waals surface area contributed by atoms with Crippen molar-refractivity contribution < 1.29 is 28.2 Å². The highest BCUT2D eigenvalue weighted by atomic mass is 35.5. The van der Waals surface area contributed by atoms with Crippen LogP contribution in [0.1, 0.15) is 11.1 Å². The van der Waals surface area contributed by atoms with E-state index >= 15 is 0 Å². The van der Waals surface area contributed by atoms with E-state index in [9.17, 15) is 18.8 Å². The van der Waals surface area contributed by atoms with Crippen LogP contribution in [0.5, 0.6) is 11.5 Å². The molecule has 0 aromatic heterocycles. The van der Waals surface area contributed by atoms with Gasteiger partial charge in [-0.1, -0.05) is 54.1 Å². The molecule has 0 radical (unpaired) electrons. The third-order valence-corrected chi connectivity index (χ3v) is 5.16. The van der Waals surface area contributed by atoms with Crippen LogP contribution in [-0.4, -0.2) is 44.2 Å². The van der Waals surface area contributed by atoms with Gasteiger partial charge in [0.1, 0.15) is 5.82 Å². The first kappa shape index (κ1) is 27.2. The number of hydrogen-bond acceptors (Lipinski definition) is 6. The zero-order valence-corrected chi connectivity index (χ0v) is 20.5. The number of nitrogens with zero attached hydrogens (tertiary/aromatic N) is 1. The molecule has 0 fully saturated rings. The van der Waals surface area contributed by atoms with Gasteiger partial charge >= 0.3 is 11.8 Å². The molecule has 3 amide bonds. The quantitative estimate of drug-likeness (QED) is 0.213. The molecule has 0 aliphatic heterocycles. The number of halogens is 2. The van der Waals surface area contributed by atoms with E-state index in [1.807, 2.05) is 30.3 Å². The molecule has 0 atom stereocenters. The van der Waals surface area contributed by atoms with Gasteiger partial charge in [0.25, 0.3) is 5.91 Å². The largest absolute Gasteiger partial charge is 0.493 e. The van der Waals surface area contributed by atoms with Crippen LogP contribution in [-0.2, 0) is 20.8 Å². The molecule has 3 rings (SSSR count). The van der Waals surface area contributed by atoms with Crippen LogP contribution in [0.2, 0.25) is 5.02 Å². The smallest absolute Gasteiger partial charge is 0.329 e. The molecule has 3 N–H and O–H groups in total. The van der Waals surface area contributed by atoms with Crippen molar-refractivity contribution >= 4 is 41.2 Å². The maximum absolute atomic E-state index is 13.7. The Bertz CT molecular complexity index is 1290. The summed E-state index contributed by atoms with van der Waals surface area (Å²) < 4.78 is 24.4. The number of amides is 3. The summed E-state index contributed by atoms with van der Waals surface area (Å²) in [5, 5.41) is 8.79. The van der Waals surface area contributed by atoms with Gasteiger partial charge in [0.15, 0.2) is 18.1 Å². The average molecular weight is 527 g/mol. The van der Waals surface area contributed by atoms with Gasteiger partial charge in [0.05, 0.1) is 24.0 Å². The summed E-state index contributed by atoms with van der Waals surface area (Å²) in [6, 6.07) is 18.2. The van der Waals surface area contributed by atoms with Crippen LogP contribution >= 0.6 is 11.6 Å². The van der Waals surface area contributed by atoms with Crippen molar-refractivity contribution in [3.63, 3.8) is 0 Å². The van der Waals surface area contributed by atoms with E-state index in [1.54, 1.807) is 6.07 Å². The molecule has 0 spiro atoms. The second-order valence-electron chi connectivity index (χ2n) is 7.54. The Morgan fingerprint density at radius 1 is 1.03 bits per heavy atom. The lowest BCUT2D eigenvalue weighted by molar-refractivity contribution is -0.139. The van der Waals surface area contributed by atoms with Gasteiger partial charge in [0, 0.05) is 6.54 Å². The Morgan fingerprint density at radius 3 is 2.49 bits per heavy atom. The van der Waals surface area contributed by atoms with E-state index in [4.69, 9.17) is 21.1 Å². The van der Waals surface area contributed by atoms with Crippen molar-refractivity contribution in [1.82, 2.24) is 10.7 Å². The summed E-state index contributed by atoms with van der Waals surface area (Å²) in [7, 11) is 1.38. The van der Waals surface area contributed by atoms with Gasteiger partial charge in [-0.25, -0.2) is 9.82 Å². The van der Waals surface area contributed by atoms with E-state index in [0.717, 1.165) is 5.56 Å². The zero-order valence-electron chi connectivity index (χ0n) is 19.8. The molecule has 0 heterocycles. The number of rotatable bonds is 10. The van der Waals surface area contributed by atoms with Crippen molar-refractivity contribution in [1.29, 1.82) is 0 Å². The van der Waals surface area contributed by atoms with Crippen LogP contribution in [0.4, 0.5) is 10.1 Å². The predicted octanol–water partition coefficient (Wildman–Crippen LogP) is 3.31. The Balaban J connectivity index is 1.51. The van der Waals surface area contributed by atoms with E-state index in [-0.39, 0.29) is 22.2 Å². The first-order valence-electron chi connectivity index (χ1n) is 11.1. The molecule has 11 heteroatoms. The standard InChI is InChI=1S/C26H24ClFN4O5/c1-36-22-14-18(15-30-32-26(35)25(34)29-12-11-17-7-3-2-4-8-17)13-19(27)24(22)37-16-23(33)31-21-10-6-5-9-20(21)28/h2-10,13-15H,11-12,16H2,1H3,(H,29,34)(H,31,33)(H,32,35)/b30-15-. The second-order valence-corrected chi connectivity index (χ2v) is 7.95. The predicted molar refractivity (Wildman–Crippen MR) is 137 cm³/mol. The van der Waals surface area contributed by atoms with E-state index in [0.29, 0.717) is 18.5 Å². The van der Waals surface area contributed by atoms with Crippen LogP contribution in [0.25, 0.3) is 0 Å². The summed E-state index contributed by atoms with van der Waals surface area (Å²) in [6.07, 6.45) is 1.85. The van der Waals surface area contributed by atoms with Gasteiger partial charge in [-0.3, -0.25) is 14.4 Å². The summed E-state index contributed by atoms with van der Waals surface area (Å²) in [5.41, 5.74) is 3.62. The molecule has 9 nitrogen and oxygen atoms in total. The van der Waals surface area contributed by atoms with Crippen molar-refractivity contribution in [2.45, 2.75) is 6.42 Å². The lowest BCUT2D eigenvalue weighted by Crippen LogP contribution is -2.38. The Kier molecular flexibility index (Phi) is 9.98. The molecule has 0 saturated heterocycles. The average Bonchev–Trinajstić information content (AvgIpc) is 2.89. The minimum Gasteiger partial charge on any atom is -0.493 e. The Labute approximate surface area is 217 Å². The number of methoxy groups -OCH3 is 1. The maximum atomic E-state index is 13.7. The van der Waals surface area contributed by atoms with Crippen molar-refractivity contribution in [3.05, 3.63) is 88.7 Å². The molecule has 0 aliphatic carbocycles. The lowest BCUT2D eigenvalue weighted by Gasteiger charge is -2.13. The summed E-state index contributed by atoms with van der Waals surface area (Å²) in [5.74, 6) is -2.64. The normalized spacial score (nSPS) is 10.6. The SMILES string of the molecule is COc1cc(/C=N\NC(=O)C(=O)NCCc2ccccc2)cc(Cl)c1OCC(=O)Nc1ccccc1F. The molecule has 0 unspecified atom stereocenters. The summed E-state index contributed by atoms with van der Waals surface area (Å²) in [4.78, 5) is 36.0. The molecule has 0 bridgehead atoms. The van der Waals surface area contributed by atoms with Crippen molar-refractivity contribution in [3.8, 4) is 11.5 Å². The number of para-hydroxylation sites is 1. The lowest BCUT2D eigenvalue weighted by atomic mass is 10.1. The minimum atomic E-state index is -0.928. The second kappa shape index (κ2) is 13.6. The molecule has 3 aromatic carbocycles. The van der Waals surface area contributed by atoms with Crippen molar-refractivity contribution in [2.24, 2.45) is 5.10 Å². The molecular weight excluding hydrogens is 503 g/mol. The van der Waals surface area contributed by atoms with Crippen LogP contribution in [0, 0.1) is 5.82 Å². The highest BCUT2D eigenvalue weighted by molar-refractivity contribution is 6.35. The fourth-order valence-corrected chi connectivity index (χ4v) is 3.38. The molecule has 3 aromatic rings. The van der Waals surface area contributed by atoms with Gasteiger partial charge in [-0.2, -0.15) is 5.10 Å². The topological polar surface area (TPSA) is 118 Å². The fourth-order valence-electron chi connectivity index (χ4n) is 3.10. The number of benzene rings is 3. The highest BCUT2D eigenvalue weighted by Crippen LogP contribution is 2.36. The summed E-state index contributed by atoms with van der Waals surface area (Å²) >= 11 is 6.27. The number of anilines is 1. The number of carbonyl (C=O) groups is 3. The molecule has 0 saturated carbocycles. The van der Waals surface area contributed by atoms with Gasteiger partial charge < -0.3 is 20.1 Å². The first-order chi connectivity index (χ1) is 17.9. The van der Waals surface area contributed by atoms with E-state index in [1.165, 1.54) is 43.7 Å². The summed E-state index contributed by atoms with van der Waals surface area (Å²) in [6.45, 7) is -0.153. The van der Waals surface area contributed by atoms with Crippen LogP contribution < -0.4 is 25.5 Å². The number of carbonyl (C=O) groups excluding carboxylic acids is 3. The monoisotopic (exact) mass is 526 g/mol. The molecule has 0 aliphatic rings. The third-order valence-electron chi connectivity index (χ3n) is 4.88. The minimum absolute atomic E-state index is 0.0210. The van der Waals surface area contributed by atoms with E-state index < -0.39 is 30.1 Å². The number of nitrogens with one attached hydrogen (secondary N) is 3. The third kappa shape index (κ3) is 8.32. The van der Waals surface area contributed by atoms with Crippen LogP contribution in [0.3, 0.4) is 0 Å². The Hall–Kier alpha value is -4.44. The van der Waals surface area contributed by atoms with E-state index in [2.05, 4.69) is 21.2 Å². The highest BCUT2D eigenvalue weighted by Gasteiger charge is 2.15. The number of ether oxygens (including phenoxy) is 2. The first-order valence-corrected chi connectivity index (χ1v) is 11.4. The van der Waals surface area contributed by atoms with Crippen LogP contribution in [0.15, 0.2) is 71.8 Å². The molecule has 37 heavy (non-hydrogen) atoms. The Morgan fingerprint density at radius 2 is 1.76 bits per heavy atom. The maximum Gasteiger partial charge on any atom is 0.329 e. The zero-order chi connectivity index (χ0) is 26.6. The molecule has 192 valence electrons. The van der Waals surface area contributed by atoms with Gasteiger partial charge in [0.2, 0.25) is 0 Å². The number of hydrogen-bond donors (Lipinski definition) is 3. The van der Waals surface area contributed by atoms with Gasteiger partial charge in [-0.05, 0) is 41.8 Å². The fraction of sp³-hybridized carbons (Fsp3) is 0.154. The number of hydrazone groups is 1. The van der Waals surface area contributed by atoms with Crippen molar-refractivity contribution in [2.75, 3.05) is 25.6 Å². The molecular formula is C26H24ClFN4O5.